The Morgan fingerprint density at radius 2 is 0.692 bits per heavy atom. The van der Waals surface area contributed by atoms with Crippen molar-refractivity contribution >= 4 is 29.4 Å². The molecule has 0 aliphatic carbocycles. The van der Waals surface area contributed by atoms with Crippen LogP contribution < -0.4 is 5.32 Å². The first-order chi connectivity index (χ1) is 32.2. The van der Waals surface area contributed by atoms with E-state index in [9.17, 15) is 4.79 Å². The van der Waals surface area contributed by atoms with Gasteiger partial charge >= 0.3 is 0 Å². The normalized spacial score (nSPS) is 11.8. The summed E-state index contributed by atoms with van der Waals surface area (Å²) in [5, 5.41) is 3.37. The van der Waals surface area contributed by atoms with Crippen LogP contribution in [0.4, 0.5) is 0 Å². The van der Waals surface area contributed by atoms with Gasteiger partial charge in [0.25, 0.3) is 0 Å². The summed E-state index contributed by atoms with van der Waals surface area (Å²) < 4.78 is -0.791. The number of rotatable bonds is 31. The molecular formula is C60H74N2OS2. The molecule has 0 unspecified atom stereocenters. The molecule has 0 aromatic heterocycles. The molecule has 5 heteroatoms. The van der Waals surface area contributed by atoms with E-state index in [1.807, 2.05) is 23.5 Å². The van der Waals surface area contributed by atoms with Crippen molar-refractivity contribution in [1.29, 1.82) is 0 Å². The lowest BCUT2D eigenvalue weighted by atomic mass is 9.84. The van der Waals surface area contributed by atoms with Gasteiger partial charge in [-0.1, -0.05) is 272 Å². The standard InChI is InChI=1S/C60H74N2OS2/c1-2-3-4-5-6-7-8-9-10-11-12-13-14-33-47-62(48-50-65-60(55-40-27-18-28-41-55,56-42-29-19-30-43-56)57-44-31-20-32-45-57)51-58(63)61-46-49-64-59(52-34-21-15-22-35-52,53-36-23-16-24-37-53)54-38-25-17-26-39-54/h15-32,34-45H,2-14,33,46-51H2,1H3,(H,61,63). The van der Waals surface area contributed by atoms with Gasteiger partial charge in [-0.05, 0) is 46.3 Å². The number of amides is 1. The van der Waals surface area contributed by atoms with Crippen LogP contribution in [0, 0.1) is 0 Å². The van der Waals surface area contributed by atoms with Gasteiger partial charge in [-0.3, -0.25) is 9.69 Å². The van der Waals surface area contributed by atoms with Gasteiger partial charge in [0.05, 0.1) is 16.0 Å². The average molecular weight is 903 g/mol. The SMILES string of the molecule is CCCCCCCCCCCCCCCCN(CCSC(c1ccccc1)(c1ccccc1)c1ccccc1)CC(=O)NCCSC(c1ccccc1)(c1ccccc1)c1ccccc1. The molecule has 6 aromatic rings. The molecule has 0 radical (unpaired) electrons. The van der Waals surface area contributed by atoms with E-state index >= 15 is 0 Å². The summed E-state index contributed by atoms with van der Waals surface area (Å²) in [5.74, 6) is 1.76. The second-order valence-corrected chi connectivity index (χ2v) is 20.1. The van der Waals surface area contributed by atoms with Crippen molar-refractivity contribution in [3.63, 3.8) is 0 Å². The maximum Gasteiger partial charge on any atom is 0.234 e. The van der Waals surface area contributed by atoms with Crippen molar-refractivity contribution in [2.24, 2.45) is 0 Å². The highest BCUT2D eigenvalue weighted by molar-refractivity contribution is 8.00. The largest absolute Gasteiger partial charge is 0.354 e. The van der Waals surface area contributed by atoms with Crippen LogP contribution in [0.3, 0.4) is 0 Å². The zero-order valence-electron chi connectivity index (χ0n) is 39.1. The number of nitrogens with zero attached hydrogens (tertiary/aromatic N) is 1. The van der Waals surface area contributed by atoms with E-state index in [1.165, 1.54) is 117 Å². The number of hydrogen-bond acceptors (Lipinski definition) is 4. The van der Waals surface area contributed by atoms with E-state index in [4.69, 9.17) is 0 Å². The molecule has 1 N–H and O–H groups in total. The lowest BCUT2D eigenvalue weighted by molar-refractivity contribution is -0.122. The maximum absolute atomic E-state index is 14.0. The van der Waals surface area contributed by atoms with E-state index in [-0.39, 0.29) is 10.7 Å². The Hall–Kier alpha value is -4.55. The molecule has 0 fully saturated rings. The van der Waals surface area contributed by atoms with Crippen LogP contribution in [0.2, 0.25) is 0 Å². The van der Waals surface area contributed by atoms with Crippen molar-refractivity contribution in [3.05, 3.63) is 215 Å². The number of carbonyl (C=O) groups is 1. The van der Waals surface area contributed by atoms with Gasteiger partial charge in [0, 0.05) is 24.6 Å². The number of hydrogen-bond donors (Lipinski definition) is 1. The van der Waals surface area contributed by atoms with E-state index in [1.54, 1.807) is 0 Å². The molecule has 342 valence electrons. The smallest absolute Gasteiger partial charge is 0.234 e. The number of thioether (sulfide) groups is 2. The first kappa shape index (κ1) is 49.9. The highest BCUT2D eigenvalue weighted by atomic mass is 32.2. The minimum Gasteiger partial charge on any atom is -0.354 e. The van der Waals surface area contributed by atoms with Crippen LogP contribution in [0.25, 0.3) is 0 Å². The quantitative estimate of drug-likeness (QED) is 0.0348. The lowest BCUT2D eigenvalue weighted by Crippen LogP contribution is -2.40. The van der Waals surface area contributed by atoms with Crippen LogP contribution in [0.1, 0.15) is 130 Å². The first-order valence-corrected chi connectivity index (χ1v) is 26.7. The van der Waals surface area contributed by atoms with Gasteiger partial charge in [-0.2, -0.15) is 0 Å². The average Bonchev–Trinajstić information content (AvgIpc) is 3.37. The predicted molar refractivity (Wildman–Crippen MR) is 283 cm³/mol. The lowest BCUT2D eigenvalue weighted by Gasteiger charge is -2.36. The van der Waals surface area contributed by atoms with E-state index in [2.05, 4.69) is 199 Å². The van der Waals surface area contributed by atoms with Crippen molar-refractivity contribution in [2.75, 3.05) is 37.7 Å². The molecule has 0 spiro atoms. The molecule has 65 heavy (non-hydrogen) atoms. The molecule has 1 amide bonds. The van der Waals surface area contributed by atoms with Gasteiger partial charge in [-0.15, -0.1) is 23.5 Å². The van der Waals surface area contributed by atoms with E-state index in [0.29, 0.717) is 13.1 Å². The Bertz CT molecular complexity index is 1940. The van der Waals surface area contributed by atoms with Crippen LogP contribution in [0.5, 0.6) is 0 Å². The Morgan fingerprint density at radius 1 is 0.400 bits per heavy atom. The zero-order chi connectivity index (χ0) is 45.1. The second kappa shape index (κ2) is 28.5. The van der Waals surface area contributed by atoms with Crippen LogP contribution >= 0.6 is 23.5 Å². The summed E-state index contributed by atoms with van der Waals surface area (Å²) >= 11 is 3.89. The van der Waals surface area contributed by atoms with Crippen LogP contribution in [-0.2, 0) is 14.3 Å². The maximum atomic E-state index is 14.0. The van der Waals surface area contributed by atoms with Crippen LogP contribution in [0.15, 0.2) is 182 Å². The third-order valence-electron chi connectivity index (χ3n) is 12.7. The van der Waals surface area contributed by atoms with Gasteiger partial charge in [0.2, 0.25) is 5.91 Å². The Balaban J connectivity index is 1.10. The third kappa shape index (κ3) is 15.0. The highest BCUT2D eigenvalue weighted by Gasteiger charge is 2.38. The minimum absolute atomic E-state index is 0.103. The minimum atomic E-state index is -0.408. The fraction of sp³-hybridized carbons (Fsp3) is 0.383. The van der Waals surface area contributed by atoms with Gasteiger partial charge in [0.1, 0.15) is 0 Å². The molecular weight excluding hydrogens is 829 g/mol. The van der Waals surface area contributed by atoms with E-state index in [0.717, 1.165) is 31.0 Å². The summed E-state index contributed by atoms with van der Waals surface area (Å²) in [6.45, 7) is 5.05. The van der Waals surface area contributed by atoms with Crippen molar-refractivity contribution < 1.29 is 4.79 Å². The zero-order valence-corrected chi connectivity index (χ0v) is 40.8. The molecule has 0 atom stereocenters. The predicted octanol–water partition coefficient (Wildman–Crippen LogP) is 15.3. The van der Waals surface area contributed by atoms with E-state index < -0.39 is 4.75 Å². The number of nitrogens with one attached hydrogen (secondary N) is 1. The highest BCUT2D eigenvalue weighted by Crippen LogP contribution is 2.49. The molecule has 0 saturated heterocycles. The molecule has 6 aromatic carbocycles. The molecule has 0 heterocycles. The van der Waals surface area contributed by atoms with Gasteiger partial charge < -0.3 is 5.32 Å². The Kier molecular flexibility index (Phi) is 21.9. The fourth-order valence-electron chi connectivity index (χ4n) is 9.32. The van der Waals surface area contributed by atoms with Crippen molar-refractivity contribution in [1.82, 2.24) is 10.2 Å². The molecule has 0 saturated carbocycles. The fourth-order valence-corrected chi connectivity index (χ4v) is 12.3. The monoisotopic (exact) mass is 903 g/mol. The molecule has 0 bridgehead atoms. The summed E-state index contributed by atoms with van der Waals surface area (Å²) in [4.78, 5) is 16.4. The molecule has 0 aliphatic rings. The third-order valence-corrected chi connectivity index (χ3v) is 15.8. The van der Waals surface area contributed by atoms with Gasteiger partial charge in [-0.25, -0.2) is 0 Å². The van der Waals surface area contributed by atoms with Crippen molar-refractivity contribution in [3.8, 4) is 0 Å². The molecule has 0 aliphatic heterocycles. The summed E-state index contributed by atoms with van der Waals surface area (Å²) in [7, 11) is 0. The Morgan fingerprint density at radius 3 is 1.02 bits per heavy atom. The molecule has 6 rings (SSSR count). The van der Waals surface area contributed by atoms with Crippen LogP contribution in [-0.4, -0.2) is 48.5 Å². The summed E-state index contributed by atoms with van der Waals surface area (Å²) in [6.07, 6.45) is 18.8. The second-order valence-electron chi connectivity index (χ2n) is 17.5. The molecule has 3 nitrogen and oxygen atoms in total. The topological polar surface area (TPSA) is 32.3 Å². The number of carbonyl (C=O) groups excluding carboxylic acids is 1. The Labute approximate surface area is 401 Å². The number of benzene rings is 6. The van der Waals surface area contributed by atoms with Gasteiger partial charge in [0.15, 0.2) is 0 Å². The number of unbranched alkanes of at least 4 members (excludes halogenated alkanes) is 13. The summed E-state index contributed by atoms with van der Waals surface area (Å²) in [5.41, 5.74) is 7.53. The summed E-state index contributed by atoms with van der Waals surface area (Å²) in [6, 6.07) is 65.4. The first-order valence-electron chi connectivity index (χ1n) is 24.8. The van der Waals surface area contributed by atoms with Crippen molar-refractivity contribution in [2.45, 2.75) is 106 Å².